The van der Waals surface area contributed by atoms with Gasteiger partial charge in [0.1, 0.15) is 0 Å². The van der Waals surface area contributed by atoms with Crippen LogP contribution in [0.4, 0.5) is 18.9 Å². The Kier molecular flexibility index (Phi) is 6.24. The van der Waals surface area contributed by atoms with Crippen LogP contribution in [0, 0.1) is 22.7 Å². The van der Waals surface area contributed by atoms with Crippen LogP contribution >= 0.6 is 0 Å². The van der Waals surface area contributed by atoms with Gasteiger partial charge in [-0.3, -0.25) is 4.79 Å². The zero-order valence-corrected chi connectivity index (χ0v) is 20.1. The Labute approximate surface area is 209 Å². The number of halogens is 3. The van der Waals surface area contributed by atoms with E-state index in [0.29, 0.717) is 38.3 Å². The number of hydrogen-bond acceptors (Lipinski definition) is 4. The Morgan fingerprint density at radius 2 is 1.81 bits per heavy atom. The molecule has 1 amide bonds. The van der Waals surface area contributed by atoms with Crippen molar-refractivity contribution in [1.29, 1.82) is 5.26 Å². The fraction of sp³-hybridized carbons (Fsp3) is 0.500. The number of amides is 1. The molecule has 0 bridgehead atoms. The van der Waals surface area contributed by atoms with Crippen LogP contribution in [0.25, 0.3) is 0 Å². The highest BCUT2D eigenvalue weighted by molar-refractivity contribution is 5.89. The van der Waals surface area contributed by atoms with Crippen molar-refractivity contribution in [1.82, 2.24) is 4.90 Å². The Hall–Kier alpha value is -3.05. The van der Waals surface area contributed by atoms with Crippen LogP contribution in [0.15, 0.2) is 48.5 Å². The molecule has 0 unspecified atom stereocenters. The molecule has 190 valence electrons. The van der Waals surface area contributed by atoms with Gasteiger partial charge >= 0.3 is 6.18 Å². The van der Waals surface area contributed by atoms with E-state index in [9.17, 15) is 23.1 Å². The smallest absolute Gasteiger partial charge is 0.396 e. The van der Waals surface area contributed by atoms with E-state index in [1.54, 1.807) is 12.1 Å². The average Bonchev–Trinajstić information content (AvgIpc) is 3.54. The number of nitriles is 1. The first-order chi connectivity index (χ1) is 17.2. The lowest BCUT2D eigenvalue weighted by atomic mass is 9.71. The molecule has 3 aliphatic rings. The summed E-state index contributed by atoms with van der Waals surface area (Å²) in [6.07, 6.45) is -0.374. The average molecular weight is 498 g/mol. The molecule has 1 saturated carbocycles. The summed E-state index contributed by atoms with van der Waals surface area (Å²) < 4.78 is 40.6. The van der Waals surface area contributed by atoms with Gasteiger partial charge in [0.15, 0.2) is 0 Å². The lowest BCUT2D eigenvalue weighted by Gasteiger charge is -2.45. The number of aliphatic hydroxyl groups is 1. The van der Waals surface area contributed by atoms with Crippen molar-refractivity contribution >= 4 is 11.6 Å². The lowest BCUT2D eigenvalue weighted by molar-refractivity contribution is -0.141. The van der Waals surface area contributed by atoms with Crippen molar-refractivity contribution < 1.29 is 23.1 Å². The van der Waals surface area contributed by atoms with E-state index in [1.165, 1.54) is 6.07 Å². The van der Waals surface area contributed by atoms with Crippen molar-refractivity contribution in [3.8, 4) is 6.07 Å². The third-order valence-electron chi connectivity index (χ3n) is 8.72. The highest BCUT2D eigenvalue weighted by Crippen LogP contribution is 2.48. The molecule has 5 nitrogen and oxygen atoms in total. The van der Waals surface area contributed by atoms with Gasteiger partial charge in [0.2, 0.25) is 5.91 Å². The molecule has 2 saturated heterocycles. The highest BCUT2D eigenvalue weighted by atomic mass is 19.4. The summed E-state index contributed by atoms with van der Waals surface area (Å²) in [4.78, 5) is 17.8. The van der Waals surface area contributed by atoms with Crippen LogP contribution in [-0.4, -0.2) is 48.7 Å². The third-order valence-corrected chi connectivity index (χ3v) is 8.72. The first-order valence-corrected chi connectivity index (χ1v) is 12.5. The third kappa shape index (κ3) is 4.03. The van der Waals surface area contributed by atoms with E-state index in [2.05, 4.69) is 0 Å². The minimum Gasteiger partial charge on any atom is -0.396 e. The Bertz CT molecular complexity index is 1170. The van der Waals surface area contributed by atoms with E-state index < -0.39 is 28.1 Å². The fourth-order valence-electron chi connectivity index (χ4n) is 6.65. The number of hydrogen-bond donors (Lipinski definition) is 1. The standard InChI is InChI=1S/C28H30F3N3O2/c29-28(30,31)24-14-23(9-8-20(24)15-32)34-17-22-16-33(13-12-26(22,18-34)19-35)25(36)27(10-4-5-11-27)21-6-2-1-3-7-21/h1-3,6-9,14,22,35H,4-5,10-13,16-19H2/t22-,26+/m1/s1. The topological polar surface area (TPSA) is 67.6 Å². The molecule has 36 heavy (non-hydrogen) atoms. The summed E-state index contributed by atoms with van der Waals surface area (Å²) in [6.45, 7) is 1.80. The van der Waals surface area contributed by atoms with Crippen LogP contribution in [0.3, 0.4) is 0 Å². The highest BCUT2D eigenvalue weighted by Gasteiger charge is 2.53. The summed E-state index contributed by atoms with van der Waals surface area (Å²) in [5.74, 6) is 0.0772. The summed E-state index contributed by atoms with van der Waals surface area (Å²) in [5, 5.41) is 19.5. The second kappa shape index (κ2) is 9.11. The number of carbonyl (C=O) groups is 1. The minimum atomic E-state index is -4.63. The van der Waals surface area contributed by atoms with Crippen molar-refractivity contribution in [2.24, 2.45) is 11.3 Å². The fourth-order valence-corrected chi connectivity index (χ4v) is 6.65. The van der Waals surface area contributed by atoms with Gasteiger partial charge in [-0.05, 0) is 43.0 Å². The van der Waals surface area contributed by atoms with Crippen LogP contribution in [-0.2, 0) is 16.4 Å². The number of alkyl halides is 3. The molecule has 5 rings (SSSR count). The molecule has 8 heteroatoms. The largest absolute Gasteiger partial charge is 0.417 e. The molecule has 3 fully saturated rings. The molecule has 2 aromatic carbocycles. The quantitative estimate of drug-likeness (QED) is 0.663. The number of rotatable bonds is 4. The van der Waals surface area contributed by atoms with Gasteiger partial charge in [-0.1, -0.05) is 43.2 Å². The maximum absolute atomic E-state index is 14.0. The van der Waals surface area contributed by atoms with Crippen LogP contribution in [0.2, 0.25) is 0 Å². The molecule has 2 heterocycles. The van der Waals surface area contributed by atoms with Crippen molar-refractivity contribution in [2.75, 3.05) is 37.7 Å². The number of aliphatic hydroxyl groups excluding tert-OH is 1. The van der Waals surface area contributed by atoms with E-state index in [4.69, 9.17) is 5.26 Å². The molecule has 1 N–H and O–H groups in total. The van der Waals surface area contributed by atoms with E-state index in [-0.39, 0.29) is 18.4 Å². The first-order valence-electron chi connectivity index (χ1n) is 12.5. The Morgan fingerprint density at radius 1 is 1.08 bits per heavy atom. The molecule has 1 aliphatic carbocycles. The summed E-state index contributed by atoms with van der Waals surface area (Å²) in [5.41, 5.74) is -0.904. The summed E-state index contributed by atoms with van der Waals surface area (Å²) >= 11 is 0. The number of benzene rings is 2. The number of likely N-dealkylation sites (tertiary alicyclic amines) is 1. The molecule has 2 aliphatic heterocycles. The van der Waals surface area contributed by atoms with Crippen molar-refractivity contribution in [3.05, 3.63) is 65.2 Å². The summed E-state index contributed by atoms with van der Waals surface area (Å²) in [6, 6.07) is 15.4. The zero-order valence-electron chi connectivity index (χ0n) is 20.1. The van der Waals surface area contributed by atoms with Gasteiger partial charge in [0.05, 0.1) is 29.2 Å². The first kappa shape index (κ1) is 24.6. The van der Waals surface area contributed by atoms with Crippen molar-refractivity contribution in [3.63, 3.8) is 0 Å². The second-order valence-electron chi connectivity index (χ2n) is 10.6. The number of fused-ring (bicyclic) bond motifs is 1. The van der Waals surface area contributed by atoms with Gasteiger partial charge in [0, 0.05) is 43.2 Å². The molecule has 0 radical (unpaired) electrons. The van der Waals surface area contributed by atoms with Gasteiger partial charge in [-0.25, -0.2) is 0 Å². The van der Waals surface area contributed by atoms with Gasteiger partial charge < -0.3 is 14.9 Å². The lowest BCUT2D eigenvalue weighted by Crippen LogP contribution is -2.55. The van der Waals surface area contributed by atoms with E-state index >= 15 is 0 Å². The van der Waals surface area contributed by atoms with E-state index in [0.717, 1.165) is 37.3 Å². The maximum atomic E-state index is 14.0. The maximum Gasteiger partial charge on any atom is 0.417 e. The molecule has 0 spiro atoms. The molecule has 2 aromatic rings. The SMILES string of the molecule is N#Cc1ccc(N2C[C@H]3CN(C(=O)C4(c5ccccc5)CCCC4)CC[C@@]3(CO)C2)cc1C(F)(F)F. The van der Waals surface area contributed by atoms with Crippen LogP contribution in [0.5, 0.6) is 0 Å². The molecular formula is C28H30F3N3O2. The van der Waals surface area contributed by atoms with Crippen LogP contribution in [0.1, 0.15) is 48.8 Å². The van der Waals surface area contributed by atoms with Gasteiger partial charge in [-0.15, -0.1) is 0 Å². The Morgan fingerprint density at radius 3 is 2.44 bits per heavy atom. The number of piperidine rings is 1. The molecule has 2 atom stereocenters. The summed E-state index contributed by atoms with van der Waals surface area (Å²) in [7, 11) is 0. The van der Waals surface area contributed by atoms with Gasteiger partial charge in [0.25, 0.3) is 0 Å². The van der Waals surface area contributed by atoms with Crippen molar-refractivity contribution in [2.45, 2.75) is 43.7 Å². The zero-order chi connectivity index (χ0) is 25.6. The predicted octanol–water partition coefficient (Wildman–Crippen LogP) is 4.74. The predicted molar refractivity (Wildman–Crippen MR) is 129 cm³/mol. The number of anilines is 1. The van der Waals surface area contributed by atoms with E-state index in [1.807, 2.05) is 40.1 Å². The molecular weight excluding hydrogens is 467 g/mol. The Balaban J connectivity index is 1.40. The molecule has 0 aromatic heterocycles. The monoisotopic (exact) mass is 497 g/mol. The second-order valence-corrected chi connectivity index (χ2v) is 10.6. The number of nitrogens with zero attached hydrogens (tertiary/aromatic N) is 3. The van der Waals surface area contributed by atoms with Crippen LogP contribution < -0.4 is 4.90 Å². The number of carbonyl (C=O) groups excluding carboxylic acids is 1. The minimum absolute atomic E-state index is 0.0561. The van der Waals surface area contributed by atoms with Gasteiger partial charge in [-0.2, -0.15) is 18.4 Å². The normalized spacial score (nSPS) is 25.5.